The maximum absolute atomic E-state index is 11.7. The van der Waals surface area contributed by atoms with Crippen LogP contribution in [0.15, 0.2) is 0 Å². The van der Waals surface area contributed by atoms with E-state index < -0.39 is 0 Å². The van der Waals surface area contributed by atoms with Crippen molar-refractivity contribution in [2.45, 2.75) is 32.4 Å². The molecule has 0 aromatic carbocycles. The molecule has 0 saturated carbocycles. The number of carbonyl (C=O) groups is 1. The Morgan fingerprint density at radius 1 is 1.50 bits per heavy atom. The van der Waals surface area contributed by atoms with Crippen LogP contribution in [0.25, 0.3) is 0 Å². The Labute approximate surface area is 97.8 Å². The van der Waals surface area contributed by atoms with Crippen molar-refractivity contribution in [3.8, 4) is 0 Å². The van der Waals surface area contributed by atoms with Crippen LogP contribution in [0.5, 0.6) is 0 Å². The zero-order valence-electron chi connectivity index (χ0n) is 10.7. The van der Waals surface area contributed by atoms with Gasteiger partial charge in [-0.3, -0.25) is 4.79 Å². The van der Waals surface area contributed by atoms with Gasteiger partial charge >= 0.3 is 0 Å². The first-order valence-corrected chi connectivity index (χ1v) is 5.61. The zero-order valence-corrected chi connectivity index (χ0v) is 10.7. The van der Waals surface area contributed by atoms with E-state index in [0.29, 0.717) is 13.0 Å². The summed E-state index contributed by atoms with van der Waals surface area (Å²) in [7, 11) is 3.39. The maximum Gasteiger partial charge on any atom is 0.236 e. The monoisotopic (exact) mass is 232 g/mol. The molecule has 16 heavy (non-hydrogen) atoms. The van der Waals surface area contributed by atoms with Gasteiger partial charge in [0.2, 0.25) is 5.91 Å². The van der Waals surface area contributed by atoms with E-state index in [0.717, 1.165) is 0 Å². The van der Waals surface area contributed by atoms with Gasteiger partial charge in [0.1, 0.15) is 0 Å². The second-order valence-corrected chi connectivity index (χ2v) is 4.14. The molecular formula is C11H24N2O3. The number of carbonyl (C=O) groups excluding carboxylic acids is 1. The summed E-state index contributed by atoms with van der Waals surface area (Å²) in [5.41, 5.74) is 0. The molecule has 0 aliphatic rings. The van der Waals surface area contributed by atoms with E-state index >= 15 is 0 Å². The number of nitrogens with zero attached hydrogens (tertiary/aromatic N) is 1. The van der Waals surface area contributed by atoms with E-state index in [2.05, 4.69) is 5.32 Å². The second kappa shape index (κ2) is 8.50. The number of rotatable bonds is 8. The number of aliphatic hydroxyl groups excluding tert-OH is 1. The molecule has 1 unspecified atom stereocenters. The normalized spacial score (nSPS) is 12.9. The molecule has 0 radical (unpaired) electrons. The molecule has 1 atom stereocenters. The number of aliphatic hydroxyl groups is 1. The van der Waals surface area contributed by atoms with Gasteiger partial charge in [-0.1, -0.05) is 0 Å². The van der Waals surface area contributed by atoms with Gasteiger partial charge in [-0.2, -0.15) is 0 Å². The highest BCUT2D eigenvalue weighted by molar-refractivity contribution is 5.78. The fourth-order valence-corrected chi connectivity index (χ4v) is 1.25. The zero-order chi connectivity index (χ0) is 12.6. The molecular weight excluding hydrogens is 208 g/mol. The lowest BCUT2D eigenvalue weighted by Crippen LogP contribution is -2.44. The lowest BCUT2D eigenvalue weighted by atomic mass is 10.2. The average Bonchev–Trinajstić information content (AvgIpc) is 2.24. The molecule has 2 N–H and O–H groups in total. The van der Waals surface area contributed by atoms with Gasteiger partial charge in [0.05, 0.1) is 13.2 Å². The van der Waals surface area contributed by atoms with Crippen molar-refractivity contribution in [1.29, 1.82) is 0 Å². The molecule has 0 spiro atoms. The first-order chi connectivity index (χ1) is 7.52. The smallest absolute Gasteiger partial charge is 0.236 e. The van der Waals surface area contributed by atoms with Gasteiger partial charge in [0.25, 0.3) is 0 Å². The second-order valence-electron chi connectivity index (χ2n) is 4.14. The van der Waals surface area contributed by atoms with E-state index in [9.17, 15) is 4.79 Å². The molecule has 0 aromatic heterocycles. The van der Waals surface area contributed by atoms with Crippen LogP contribution >= 0.6 is 0 Å². The van der Waals surface area contributed by atoms with Crippen molar-refractivity contribution in [2.24, 2.45) is 0 Å². The largest absolute Gasteiger partial charge is 0.396 e. The minimum Gasteiger partial charge on any atom is -0.396 e. The van der Waals surface area contributed by atoms with Gasteiger partial charge in [-0.25, -0.2) is 0 Å². The third kappa shape index (κ3) is 6.05. The van der Waals surface area contributed by atoms with Crippen LogP contribution in [0, 0.1) is 0 Å². The van der Waals surface area contributed by atoms with Crippen molar-refractivity contribution in [2.75, 3.05) is 33.9 Å². The Bertz CT molecular complexity index is 192. The number of hydrogen-bond donors (Lipinski definition) is 2. The quantitative estimate of drug-likeness (QED) is 0.610. The summed E-state index contributed by atoms with van der Waals surface area (Å²) in [6, 6.07) is 0.229. The molecule has 96 valence electrons. The lowest BCUT2D eigenvalue weighted by Gasteiger charge is -2.23. The van der Waals surface area contributed by atoms with E-state index in [4.69, 9.17) is 9.84 Å². The Kier molecular flexibility index (Phi) is 8.15. The molecule has 5 heteroatoms. The fraction of sp³-hybridized carbons (Fsp3) is 0.909. The van der Waals surface area contributed by atoms with Gasteiger partial charge in [-0.15, -0.1) is 0 Å². The highest BCUT2D eigenvalue weighted by atomic mass is 16.5. The van der Waals surface area contributed by atoms with Crippen molar-refractivity contribution in [3.05, 3.63) is 0 Å². The molecule has 0 bridgehead atoms. The Balaban J connectivity index is 3.94. The predicted octanol–water partition coefficient (Wildman–Crippen LogP) is -0.160. The van der Waals surface area contributed by atoms with Crippen LogP contribution in [0.1, 0.15) is 20.3 Å². The molecule has 0 aliphatic carbocycles. The van der Waals surface area contributed by atoms with Crippen LogP contribution in [-0.4, -0.2) is 61.9 Å². The molecule has 0 aromatic rings. The Morgan fingerprint density at radius 2 is 2.12 bits per heavy atom. The number of methoxy groups -OCH3 is 1. The number of ether oxygens (including phenoxy) is 1. The Morgan fingerprint density at radius 3 is 2.56 bits per heavy atom. The van der Waals surface area contributed by atoms with Crippen LogP contribution < -0.4 is 5.32 Å². The summed E-state index contributed by atoms with van der Waals surface area (Å²) in [5, 5.41) is 11.9. The molecule has 5 nitrogen and oxygen atoms in total. The number of nitrogens with one attached hydrogen (secondary N) is 1. The van der Waals surface area contributed by atoms with E-state index in [1.54, 1.807) is 19.1 Å². The van der Waals surface area contributed by atoms with Gasteiger partial charge in [0.15, 0.2) is 0 Å². The van der Waals surface area contributed by atoms with Crippen LogP contribution in [0.4, 0.5) is 0 Å². The highest BCUT2D eigenvalue weighted by Gasteiger charge is 2.14. The van der Waals surface area contributed by atoms with E-state index in [-0.39, 0.29) is 31.1 Å². The lowest BCUT2D eigenvalue weighted by molar-refractivity contribution is -0.130. The first-order valence-electron chi connectivity index (χ1n) is 5.61. The summed E-state index contributed by atoms with van der Waals surface area (Å²) in [6.45, 7) is 4.81. The van der Waals surface area contributed by atoms with Gasteiger partial charge in [0, 0.05) is 32.8 Å². The summed E-state index contributed by atoms with van der Waals surface area (Å²) in [4.78, 5) is 13.3. The SMILES string of the molecule is COCC(CCO)NCC(=O)N(C)C(C)C. The van der Waals surface area contributed by atoms with Crippen molar-refractivity contribution >= 4 is 5.91 Å². The molecule has 1 amide bonds. The minimum atomic E-state index is 0.0273. The van der Waals surface area contributed by atoms with E-state index in [1.165, 1.54) is 0 Å². The topological polar surface area (TPSA) is 61.8 Å². The molecule has 0 rings (SSSR count). The summed E-state index contributed by atoms with van der Waals surface area (Å²) in [6.07, 6.45) is 0.590. The van der Waals surface area contributed by atoms with Gasteiger partial charge in [-0.05, 0) is 20.3 Å². The third-order valence-electron chi connectivity index (χ3n) is 2.56. The number of hydrogen-bond acceptors (Lipinski definition) is 4. The third-order valence-corrected chi connectivity index (χ3v) is 2.56. The first kappa shape index (κ1) is 15.3. The van der Waals surface area contributed by atoms with Crippen molar-refractivity contribution in [3.63, 3.8) is 0 Å². The Hall–Kier alpha value is -0.650. The molecule has 0 saturated heterocycles. The molecule has 0 heterocycles. The predicted molar refractivity (Wildman–Crippen MR) is 63.3 cm³/mol. The van der Waals surface area contributed by atoms with Gasteiger partial charge < -0.3 is 20.1 Å². The van der Waals surface area contributed by atoms with Crippen LogP contribution in [0.2, 0.25) is 0 Å². The number of likely N-dealkylation sites (N-methyl/N-ethyl adjacent to an activating group) is 1. The maximum atomic E-state index is 11.7. The van der Waals surface area contributed by atoms with E-state index in [1.807, 2.05) is 13.8 Å². The fourth-order valence-electron chi connectivity index (χ4n) is 1.25. The molecule has 0 aliphatic heterocycles. The number of amides is 1. The summed E-state index contributed by atoms with van der Waals surface area (Å²) < 4.78 is 5.00. The summed E-state index contributed by atoms with van der Waals surface area (Å²) in [5.74, 6) is 0.0500. The molecule has 0 fully saturated rings. The highest BCUT2D eigenvalue weighted by Crippen LogP contribution is 1.96. The van der Waals surface area contributed by atoms with Crippen LogP contribution in [-0.2, 0) is 9.53 Å². The van der Waals surface area contributed by atoms with Crippen molar-refractivity contribution in [1.82, 2.24) is 10.2 Å². The standard InChI is InChI=1S/C11H24N2O3/c1-9(2)13(3)11(15)7-12-10(5-6-14)8-16-4/h9-10,12,14H,5-8H2,1-4H3. The minimum absolute atomic E-state index is 0.0273. The summed E-state index contributed by atoms with van der Waals surface area (Å²) >= 11 is 0. The average molecular weight is 232 g/mol. The van der Waals surface area contributed by atoms with Crippen LogP contribution in [0.3, 0.4) is 0 Å². The van der Waals surface area contributed by atoms with Crippen molar-refractivity contribution < 1.29 is 14.6 Å².